The van der Waals surface area contributed by atoms with E-state index in [2.05, 4.69) is 79.4 Å². The number of hydrogen-bond acceptors (Lipinski definition) is 5. The minimum Gasteiger partial charge on any atom is -0.393 e. The summed E-state index contributed by atoms with van der Waals surface area (Å²) >= 11 is 1.55. The van der Waals surface area contributed by atoms with Crippen molar-refractivity contribution in [3.63, 3.8) is 0 Å². The molecular formula is C40H45NO3S. The number of allylic oxidation sites excluding steroid dienone is 2. The Hall–Kier alpha value is -3.09. The summed E-state index contributed by atoms with van der Waals surface area (Å²) in [6.07, 6.45) is 8.23. The lowest BCUT2D eigenvalue weighted by atomic mass is 9.64. The highest BCUT2D eigenvalue weighted by Crippen LogP contribution is 2.59. The van der Waals surface area contributed by atoms with E-state index in [1.807, 2.05) is 18.2 Å². The molecule has 4 nitrogen and oxygen atoms in total. The van der Waals surface area contributed by atoms with Crippen molar-refractivity contribution >= 4 is 27.2 Å². The molecule has 0 amide bonds. The molecule has 0 radical (unpaired) electrons. The third kappa shape index (κ3) is 5.85. The van der Waals surface area contributed by atoms with E-state index in [1.165, 1.54) is 16.7 Å². The molecule has 2 N–H and O–H groups in total. The van der Waals surface area contributed by atoms with E-state index >= 15 is 0 Å². The van der Waals surface area contributed by atoms with Gasteiger partial charge in [-0.3, -0.25) is 9.69 Å². The van der Waals surface area contributed by atoms with E-state index in [4.69, 9.17) is 0 Å². The molecule has 1 fully saturated rings. The van der Waals surface area contributed by atoms with Gasteiger partial charge in [-0.25, -0.2) is 0 Å². The van der Waals surface area contributed by atoms with Crippen LogP contribution in [-0.2, 0) is 19.4 Å². The van der Waals surface area contributed by atoms with Crippen LogP contribution in [0.2, 0.25) is 0 Å². The Labute approximate surface area is 271 Å². The fourth-order valence-corrected chi connectivity index (χ4v) is 9.50. The lowest BCUT2D eigenvalue weighted by molar-refractivity contribution is -0.0856. The second kappa shape index (κ2) is 12.3. The molecule has 45 heavy (non-hydrogen) atoms. The summed E-state index contributed by atoms with van der Waals surface area (Å²) in [7, 11) is 0. The molecule has 2 heterocycles. The van der Waals surface area contributed by atoms with E-state index in [0.717, 1.165) is 76.8 Å². The van der Waals surface area contributed by atoms with Crippen LogP contribution in [-0.4, -0.2) is 45.7 Å². The monoisotopic (exact) mass is 619 g/mol. The predicted octanol–water partition coefficient (Wildman–Crippen LogP) is 8.23. The number of carbonyl (C=O) groups excluding carboxylic acids is 1. The summed E-state index contributed by atoms with van der Waals surface area (Å²) in [5.41, 5.74) is 5.58. The molecule has 8 rings (SSSR count). The molecule has 3 aliphatic carbocycles. The van der Waals surface area contributed by atoms with Crippen LogP contribution in [0.3, 0.4) is 0 Å². The summed E-state index contributed by atoms with van der Waals surface area (Å²) in [6.45, 7) is 6.92. The third-order valence-electron chi connectivity index (χ3n) is 11.3. The number of fused-ring (bicyclic) bond motifs is 10. The summed E-state index contributed by atoms with van der Waals surface area (Å²) in [5.74, 6) is 0.0966. The highest BCUT2D eigenvalue weighted by atomic mass is 32.1. The van der Waals surface area contributed by atoms with E-state index in [1.54, 1.807) is 11.3 Å². The van der Waals surface area contributed by atoms with Crippen molar-refractivity contribution in [3.05, 3.63) is 117 Å². The second-order valence-electron chi connectivity index (χ2n) is 14.2. The van der Waals surface area contributed by atoms with Crippen LogP contribution in [0.15, 0.2) is 84.4 Å². The van der Waals surface area contributed by atoms with Crippen molar-refractivity contribution in [3.8, 4) is 0 Å². The van der Waals surface area contributed by atoms with E-state index in [0.29, 0.717) is 25.8 Å². The Morgan fingerprint density at radius 2 is 1.78 bits per heavy atom. The fraction of sp³-hybridized carbons (Fsp3) is 0.425. The first kappa shape index (κ1) is 30.6. The number of rotatable bonds is 4. The summed E-state index contributed by atoms with van der Waals surface area (Å²) in [6, 6.07) is 25.2. The summed E-state index contributed by atoms with van der Waals surface area (Å²) in [5, 5.41) is 24.8. The summed E-state index contributed by atoms with van der Waals surface area (Å²) in [4.78, 5) is 17.6. The maximum absolute atomic E-state index is 14.4. The molecule has 5 heteroatoms. The molecule has 0 unspecified atom stereocenters. The van der Waals surface area contributed by atoms with Gasteiger partial charge in [-0.1, -0.05) is 73.2 Å². The number of aliphatic hydroxyl groups excluding tert-OH is 1. The van der Waals surface area contributed by atoms with Crippen LogP contribution in [0.1, 0.15) is 95.8 Å². The van der Waals surface area contributed by atoms with Gasteiger partial charge in [-0.2, -0.15) is 0 Å². The normalized spacial score (nSPS) is 27.5. The van der Waals surface area contributed by atoms with Crippen LogP contribution in [0.25, 0.3) is 10.1 Å². The van der Waals surface area contributed by atoms with Gasteiger partial charge in [0.25, 0.3) is 0 Å². The average molecular weight is 620 g/mol. The molecule has 1 aliphatic heterocycles. The average Bonchev–Trinajstić information content (AvgIpc) is 3.58. The van der Waals surface area contributed by atoms with Crippen LogP contribution in [0.4, 0.5) is 0 Å². The first-order valence-electron chi connectivity index (χ1n) is 16.7. The Balaban J connectivity index is 1.29. The SMILES string of the molecule is CC1=CCC[C@@]2(C)[C@@H](CC[C@@]2(O)CN2CCc3ccccc3C2)c2ccc(cc2C(=O)c2cc3ccccc3s2)C[C@@H](O)CC1. The van der Waals surface area contributed by atoms with E-state index in [9.17, 15) is 15.0 Å². The third-order valence-corrected chi connectivity index (χ3v) is 12.4. The summed E-state index contributed by atoms with van der Waals surface area (Å²) < 4.78 is 1.11. The standard InChI is InChI=1S/C40H45NO3S/c1-27-8-7-19-39(2)35(17-20-40(39,44)26-41-21-18-29-9-3-4-11-31(29)25-41)33-16-14-28(22-32(42)15-13-27)23-34(33)38(43)37-24-30-10-5-6-12-36(30)45-37/h3-6,8-12,14,16,23-24,32,35,42,44H,7,13,15,17-22,25-26H2,1-2H3/t32-,35-,39-,40+/m0/s1. The molecule has 1 saturated carbocycles. The Morgan fingerprint density at radius 3 is 2.62 bits per heavy atom. The molecule has 2 bridgehead atoms. The highest BCUT2D eigenvalue weighted by molar-refractivity contribution is 7.21. The van der Waals surface area contributed by atoms with Gasteiger partial charge < -0.3 is 10.2 Å². The lowest BCUT2D eigenvalue weighted by Gasteiger charge is -2.47. The number of hydrogen-bond donors (Lipinski definition) is 2. The molecule has 4 aliphatic rings. The first-order chi connectivity index (χ1) is 21.7. The number of ketones is 1. The van der Waals surface area contributed by atoms with Gasteiger partial charge in [0.05, 0.1) is 16.6 Å². The minimum absolute atomic E-state index is 0.0449. The number of carbonyl (C=O) groups is 1. The van der Waals surface area contributed by atoms with Crippen LogP contribution in [0.5, 0.6) is 0 Å². The van der Waals surface area contributed by atoms with Crippen LogP contribution < -0.4 is 0 Å². The molecule has 1 aromatic heterocycles. The number of β-amino-alcohol motifs (C(OH)–C–C–N with tert-alkyl or cyclic N) is 1. The zero-order chi connectivity index (χ0) is 31.2. The largest absolute Gasteiger partial charge is 0.393 e. The van der Waals surface area contributed by atoms with Gasteiger partial charge in [0, 0.05) is 35.3 Å². The number of benzene rings is 3. The molecule has 3 aromatic carbocycles. The Morgan fingerprint density at radius 1 is 0.978 bits per heavy atom. The maximum atomic E-state index is 14.4. The van der Waals surface area contributed by atoms with Gasteiger partial charge in [0.15, 0.2) is 0 Å². The minimum atomic E-state index is -0.879. The lowest BCUT2D eigenvalue weighted by Crippen LogP contribution is -2.53. The molecule has 0 spiro atoms. The molecule has 4 aromatic rings. The van der Waals surface area contributed by atoms with Crippen molar-refractivity contribution < 1.29 is 15.0 Å². The Bertz CT molecular complexity index is 1720. The first-order valence-corrected chi connectivity index (χ1v) is 17.6. The zero-order valence-electron chi connectivity index (χ0n) is 26.6. The number of aliphatic hydroxyl groups is 2. The van der Waals surface area contributed by atoms with Gasteiger partial charge in [-0.05, 0) is 110 Å². The highest BCUT2D eigenvalue weighted by Gasteiger charge is 2.57. The van der Waals surface area contributed by atoms with Crippen molar-refractivity contribution in [2.24, 2.45) is 5.41 Å². The van der Waals surface area contributed by atoms with Crippen LogP contribution in [0, 0.1) is 5.41 Å². The predicted molar refractivity (Wildman–Crippen MR) is 184 cm³/mol. The Kier molecular flexibility index (Phi) is 8.32. The van der Waals surface area contributed by atoms with Gasteiger partial charge >= 0.3 is 0 Å². The number of thiophene rings is 1. The van der Waals surface area contributed by atoms with Crippen molar-refractivity contribution in [1.82, 2.24) is 4.90 Å². The molecular weight excluding hydrogens is 575 g/mol. The van der Waals surface area contributed by atoms with Gasteiger partial charge in [0.1, 0.15) is 0 Å². The molecule has 4 atom stereocenters. The van der Waals surface area contributed by atoms with Gasteiger partial charge in [0.2, 0.25) is 5.78 Å². The molecule has 234 valence electrons. The maximum Gasteiger partial charge on any atom is 0.203 e. The topological polar surface area (TPSA) is 60.8 Å². The smallest absolute Gasteiger partial charge is 0.203 e. The fourth-order valence-electron chi connectivity index (χ4n) is 8.48. The zero-order valence-corrected chi connectivity index (χ0v) is 27.4. The van der Waals surface area contributed by atoms with E-state index < -0.39 is 17.1 Å². The van der Waals surface area contributed by atoms with E-state index in [-0.39, 0.29) is 11.7 Å². The van der Waals surface area contributed by atoms with Crippen molar-refractivity contribution in [2.75, 3.05) is 13.1 Å². The number of nitrogens with zero attached hydrogens (tertiary/aromatic N) is 1. The quantitative estimate of drug-likeness (QED) is 0.179. The van der Waals surface area contributed by atoms with Crippen LogP contribution >= 0.6 is 11.3 Å². The van der Waals surface area contributed by atoms with Crippen molar-refractivity contribution in [2.45, 2.75) is 89.4 Å². The molecule has 0 saturated heterocycles. The van der Waals surface area contributed by atoms with Gasteiger partial charge in [-0.15, -0.1) is 11.3 Å². The van der Waals surface area contributed by atoms with Crippen molar-refractivity contribution in [1.29, 1.82) is 0 Å². The second-order valence-corrected chi connectivity index (χ2v) is 15.2.